The maximum absolute atomic E-state index is 12.8. The number of hydrogen-bond acceptors (Lipinski definition) is 4. The number of rotatable bonds is 5. The third kappa shape index (κ3) is 2.66. The number of fused-ring (bicyclic) bond motifs is 3. The normalized spacial score (nSPS) is 11.7. The Kier molecular flexibility index (Phi) is 4.38. The zero-order chi connectivity index (χ0) is 18.3. The first-order valence-electron chi connectivity index (χ1n) is 8.89. The average Bonchev–Trinajstić information content (AvgIpc) is 3.27. The Morgan fingerprint density at radius 2 is 2.12 bits per heavy atom. The number of aromatic amines is 1. The van der Waals surface area contributed by atoms with Gasteiger partial charge in [0.1, 0.15) is 5.52 Å². The standard InChI is InChI=1S/C20H22N4OS/c1-4-24-16-7-5-13(17-8-6-14(26-17)9-10-21-3)11-15(16)19-18(20(24)25)12(2)22-23-19/h5-8,11,21H,4,9-10H2,1-3H3,(H,22,23). The highest BCUT2D eigenvalue weighted by molar-refractivity contribution is 7.15. The molecule has 5 nitrogen and oxygen atoms in total. The first-order valence-corrected chi connectivity index (χ1v) is 9.70. The molecule has 0 unspecified atom stereocenters. The highest BCUT2D eigenvalue weighted by Crippen LogP contribution is 2.32. The van der Waals surface area contributed by atoms with Gasteiger partial charge in [0, 0.05) is 27.4 Å². The molecule has 0 fully saturated rings. The molecule has 6 heteroatoms. The van der Waals surface area contributed by atoms with Crippen molar-refractivity contribution in [2.45, 2.75) is 26.8 Å². The molecule has 1 aromatic carbocycles. The van der Waals surface area contributed by atoms with Crippen LogP contribution in [-0.4, -0.2) is 28.4 Å². The maximum atomic E-state index is 12.8. The predicted octanol–water partition coefficient (Wildman–Crippen LogP) is 3.70. The second-order valence-electron chi connectivity index (χ2n) is 6.47. The number of thiophene rings is 1. The van der Waals surface area contributed by atoms with Crippen LogP contribution in [0.1, 0.15) is 17.5 Å². The summed E-state index contributed by atoms with van der Waals surface area (Å²) in [5, 5.41) is 12.3. The Bertz CT molecular complexity index is 1150. The van der Waals surface area contributed by atoms with Crippen LogP contribution in [0.25, 0.3) is 32.2 Å². The Morgan fingerprint density at radius 3 is 2.88 bits per heavy atom. The number of nitrogens with zero attached hydrogens (tertiary/aromatic N) is 2. The minimum atomic E-state index is 0.0273. The summed E-state index contributed by atoms with van der Waals surface area (Å²) in [4.78, 5) is 15.4. The van der Waals surface area contributed by atoms with Crippen LogP contribution in [0.5, 0.6) is 0 Å². The Balaban J connectivity index is 1.92. The van der Waals surface area contributed by atoms with Crippen LogP contribution in [0.15, 0.2) is 35.1 Å². The van der Waals surface area contributed by atoms with Crippen molar-refractivity contribution in [3.05, 3.63) is 51.3 Å². The van der Waals surface area contributed by atoms with Gasteiger partial charge in [-0.3, -0.25) is 9.89 Å². The quantitative estimate of drug-likeness (QED) is 0.566. The lowest BCUT2D eigenvalue weighted by Crippen LogP contribution is -2.20. The highest BCUT2D eigenvalue weighted by Gasteiger charge is 2.15. The van der Waals surface area contributed by atoms with E-state index in [1.165, 1.54) is 15.3 Å². The van der Waals surface area contributed by atoms with E-state index in [-0.39, 0.29) is 5.56 Å². The van der Waals surface area contributed by atoms with Gasteiger partial charge >= 0.3 is 0 Å². The van der Waals surface area contributed by atoms with Crippen LogP contribution in [-0.2, 0) is 13.0 Å². The second-order valence-corrected chi connectivity index (χ2v) is 7.64. The highest BCUT2D eigenvalue weighted by atomic mass is 32.1. The molecule has 4 aromatic rings. The molecule has 26 heavy (non-hydrogen) atoms. The van der Waals surface area contributed by atoms with Crippen LogP contribution in [0.4, 0.5) is 0 Å². The molecule has 0 radical (unpaired) electrons. The van der Waals surface area contributed by atoms with E-state index in [4.69, 9.17) is 0 Å². The lowest BCUT2D eigenvalue weighted by atomic mass is 10.1. The second kappa shape index (κ2) is 6.70. The summed E-state index contributed by atoms with van der Waals surface area (Å²) in [5.74, 6) is 0. The molecule has 0 saturated carbocycles. The lowest BCUT2D eigenvalue weighted by molar-refractivity contribution is 0.766. The molecule has 3 heterocycles. The number of benzene rings is 1. The number of aryl methyl sites for hydroxylation is 2. The summed E-state index contributed by atoms with van der Waals surface area (Å²) in [5.41, 5.74) is 3.72. The molecule has 0 aliphatic rings. The van der Waals surface area contributed by atoms with Gasteiger partial charge in [-0.05, 0) is 63.7 Å². The van der Waals surface area contributed by atoms with Gasteiger partial charge in [-0.2, -0.15) is 5.10 Å². The molecule has 3 aromatic heterocycles. The van der Waals surface area contributed by atoms with E-state index in [9.17, 15) is 4.79 Å². The minimum absolute atomic E-state index is 0.0273. The van der Waals surface area contributed by atoms with Gasteiger partial charge in [0.15, 0.2) is 0 Å². The third-order valence-corrected chi connectivity index (χ3v) is 6.03. The predicted molar refractivity (Wildman–Crippen MR) is 109 cm³/mol. The fourth-order valence-electron chi connectivity index (χ4n) is 3.47. The fraction of sp³-hybridized carbons (Fsp3) is 0.300. The van der Waals surface area contributed by atoms with Gasteiger partial charge in [0.05, 0.1) is 10.9 Å². The van der Waals surface area contributed by atoms with Crippen molar-refractivity contribution >= 4 is 33.1 Å². The van der Waals surface area contributed by atoms with Crippen molar-refractivity contribution in [1.29, 1.82) is 0 Å². The van der Waals surface area contributed by atoms with Gasteiger partial charge in [-0.15, -0.1) is 11.3 Å². The molecule has 0 bridgehead atoms. The topological polar surface area (TPSA) is 62.7 Å². The molecule has 2 N–H and O–H groups in total. The van der Waals surface area contributed by atoms with E-state index < -0.39 is 0 Å². The van der Waals surface area contributed by atoms with Gasteiger partial charge < -0.3 is 9.88 Å². The van der Waals surface area contributed by atoms with E-state index in [2.05, 4.69) is 39.8 Å². The molecular formula is C20H22N4OS. The van der Waals surface area contributed by atoms with Crippen molar-refractivity contribution in [1.82, 2.24) is 20.1 Å². The first kappa shape index (κ1) is 17.0. The molecular weight excluding hydrogens is 344 g/mol. The number of pyridine rings is 1. The number of H-pyrrole nitrogens is 1. The summed E-state index contributed by atoms with van der Waals surface area (Å²) in [6.07, 6.45) is 1.03. The smallest absolute Gasteiger partial charge is 0.262 e. The van der Waals surface area contributed by atoms with E-state index in [0.29, 0.717) is 11.9 Å². The van der Waals surface area contributed by atoms with Crippen molar-refractivity contribution in [2.24, 2.45) is 0 Å². The Labute approximate surface area is 155 Å². The Hall–Kier alpha value is -2.44. The molecule has 0 saturated heterocycles. The zero-order valence-electron chi connectivity index (χ0n) is 15.2. The molecule has 134 valence electrons. The monoisotopic (exact) mass is 366 g/mol. The van der Waals surface area contributed by atoms with Gasteiger partial charge in [0.25, 0.3) is 5.56 Å². The van der Waals surface area contributed by atoms with Crippen LogP contribution in [0.2, 0.25) is 0 Å². The number of aromatic nitrogens is 3. The summed E-state index contributed by atoms with van der Waals surface area (Å²) in [7, 11) is 1.97. The van der Waals surface area contributed by atoms with Crippen molar-refractivity contribution in [3.8, 4) is 10.4 Å². The zero-order valence-corrected chi connectivity index (χ0v) is 16.0. The lowest BCUT2D eigenvalue weighted by Gasteiger charge is -2.10. The van der Waals surface area contributed by atoms with Gasteiger partial charge in [0.2, 0.25) is 0 Å². The number of hydrogen-bond donors (Lipinski definition) is 2. The Morgan fingerprint density at radius 1 is 1.27 bits per heavy atom. The molecule has 0 atom stereocenters. The third-order valence-electron chi connectivity index (χ3n) is 4.83. The van der Waals surface area contributed by atoms with Crippen LogP contribution in [0, 0.1) is 6.92 Å². The van der Waals surface area contributed by atoms with Crippen molar-refractivity contribution in [3.63, 3.8) is 0 Å². The van der Waals surface area contributed by atoms with E-state index in [0.717, 1.165) is 35.1 Å². The average molecular weight is 366 g/mol. The van der Waals surface area contributed by atoms with Crippen molar-refractivity contribution in [2.75, 3.05) is 13.6 Å². The van der Waals surface area contributed by atoms with Crippen LogP contribution in [0.3, 0.4) is 0 Å². The molecule has 0 aliphatic heterocycles. The van der Waals surface area contributed by atoms with Gasteiger partial charge in [-0.25, -0.2) is 0 Å². The van der Waals surface area contributed by atoms with E-state index in [1.807, 2.05) is 42.9 Å². The number of nitrogens with one attached hydrogen (secondary N) is 2. The largest absolute Gasteiger partial charge is 0.319 e. The van der Waals surface area contributed by atoms with Crippen LogP contribution >= 0.6 is 11.3 Å². The summed E-state index contributed by atoms with van der Waals surface area (Å²) >= 11 is 1.82. The molecule has 4 rings (SSSR count). The minimum Gasteiger partial charge on any atom is -0.319 e. The summed E-state index contributed by atoms with van der Waals surface area (Å²) < 4.78 is 1.83. The summed E-state index contributed by atoms with van der Waals surface area (Å²) in [6.45, 7) is 5.53. The number of likely N-dealkylation sites (N-methyl/N-ethyl adjacent to an activating group) is 1. The van der Waals surface area contributed by atoms with Crippen molar-refractivity contribution < 1.29 is 0 Å². The first-order chi connectivity index (χ1) is 12.6. The molecule has 0 spiro atoms. The fourth-order valence-corrected chi connectivity index (χ4v) is 4.48. The van der Waals surface area contributed by atoms with E-state index >= 15 is 0 Å². The molecule has 0 amide bonds. The van der Waals surface area contributed by atoms with Crippen LogP contribution < -0.4 is 10.9 Å². The summed E-state index contributed by atoms with van der Waals surface area (Å²) in [6, 6.07) is 10.7. The SMILES string of the molecule is CCn1c(=O)c2c(C)[nH]nc2c2cc(-c3ccc(CCNC)s3)ccc21. The van der Waals surface area contributed by atoms with Gasteiger partial charge in [-0.1, -0.05) is 6.07 Å². The maximum Gasteiger partial charge on any atom is 0.262 e. The molecule has 0 aliphatic carbocycles. The van der Waals surface area contributed by atoms with E-state index in [1.54, 1.807) is 0 Å².